The first-order valence-electron chi connectivity index (χ1n) is 7.35. The molecular weight excluding hydrogens is 260 g/mol. The van der Waals surface area contributed by atoms with Crippen molar-refractivity contribution in [2.24, 2.45) is 0 Å². The Balaban J connectivity index is 2.14. The van der Waals surface area contributed by atoms with Gasteiger partial charge in [0.15, 0.2) is 0 Å². The molecule has 0 bridgehead atoms. The number of hydrogen-bond donors (Lipinski definition) is 2. The number of nitrogens with zero attached hydrogens (tertiary/aromatic N) is 1. The first-order valence-corrected chi connectivity index (χ1v) is 7.35. The van der Waals surface area contributed by atoms with Crippen LogP contribution in [0.5, 0.6) is 5.75 Å². The molecule has 3 heteroatoms. The molecule has 2 aromatic carbocycles. The summed E-state index contributed by atoms with van der Waals surface area (Å²) in [6, 6.07) is 18.4. The zero-order valence-corrected chi connectivity index (χ0v) is 13.2. The van der Waals surface area contributed by atoms with Gasteiger partial charge in [-0.2, -0.15) is 5.43 Å². The summed E-state index contributed by atoms with van der Waals surface area (Å²) in [6.07, 6.45) is 0. The molecule has 0 aliphatic carbocycles. The summed E-state index contributed by atoms with van der Waals surface area (Å²) < 4.78 is 0.638. The first-order chi connectivity index (χ1) is 9.90. The van der Waals surface area contributed by atoms with Crippen molar-refractivity contribution in [3.05, 3.63) is 65.7 Å². The SMILES string of the molecule is CC(N[N+](C)(C)C(C)c1cccc(O)c1)c1ccccc1. The minimum atomic E-state index is 0.225. The number of rotatable bonds is 5. The molecule has 0 aliphatic heterocycles. The largest absolute Gasteiger partial charge is 0.508 e. The van der Waals surface area contributed by atoms with Crippen molar-refractivity contribution in [1.82, 2.24) is 5.43 Å². The number of aromatic hydroxyl groups is 1. The number of hydrogen-bond acceptors (Lipinski definition) is 2. The first kappa shape index (κ1) is 15.5. The number of benzene rings is 2. The fraction of sp³-hybridized carbons (Fsp3) is 0.333. The lowest BCUT2D eigenvalue weighted by atomic mass is 10.1. The number of quaternary nitrogens is 1. The lowest BCUT2D eigenvalue weighted by molar-refractivity contribution is -0.964. The van der Waals surface area contributed by atoms with Crippen LogP contribution in [0, 0.1) is 0 Å². The maximum absolute atomic E-state index is 9.66. The molecule has 112 valence electrons. The summed E-state index contributed by atoms with van der Waals surface area (Å²) in [5.74, 6) is 0.315. The molecule has 2 rings (SSSR count). The molecule has 0 radical (unpaired) electrons. The van der Waals surface area contributed by atoms with Crippen LogP contribution in [0.15, 0.2) is 54.6 Å². The Morgan fingerprint density at radius 3 is 2.14 bits per heavy atom. The predicted molar refractivity (Wildman–Crippen MR) is 86.6 cm³/mol. The maximum Gasteiger partial charge on any atom is 0.129 e. The Labute approximate surface area is 127 Å². The monoisotopic (exact) mass is 285 g/mol. The van der Waals surface area contributed by atoms with Gasteiger partial charge in [0.05, 0.1) is 20.1 Å². The molecular formula is C18H25N2O+. The minimum absolute atomic E-state index is 0.225. The van der Waals surface area contributed by atoms with Gasteiger partial charge >= 0.3 is 0 Å². The molecule has 2 N–H and O–H groups in total. The van der Waals surface area contributed by atoms with Crippen LogP contribution in [0.4, 0.5) is 0 Å². The van der Waals surface area contributed by atoms with Gasteiger partial charge in [-0.15, -0.1) is 0 Å². The van der Waals surface area contributed by atoms with Gasteiger partial charge in [0, 0.05) is 5.56 Å². The van der Waals surface area contributed by atoms with E-state index in [1.54, 1.807) is 6.07 Å². The Hall–Kier alpha value is -1.84. The third-order valence-electron chi connectivity index (χ3n) is 4.15. The summed E-state index contributed by atoms with van der Waals surface area (Å²) in [5, 5.41) is 9.66. The quantitative estimate of drug-likeness (QED) is 0.647. The third-order valence-corrected chi connectivity index (χ3v) is 4.15. The van der Waals surface area contributed by atoms with E-state index in [1.165, 1.54) is 5.56 Å². The topological polar surface area (TPSA) is 32.3 Å². The highest BCUT2D eigenvalue weighted by atomic mass is 16.3. The van der Waals surface area contributed by atoms with E-state index in [0.717, 1.165) is 5.56 Å². The lowest BCUT2D eigenvalue weighted by Gasteiger charge is -2.38. The minimum Gasteiger partial charge on any atom is -0.508 e. The Morgan fingerprint density at radius 2 is 1.52 bits per heavy atom. The molecule has 0 saturated heterocycles. The van der Waals surface area contributed by atoms with Crippen molar-refractivity contribution < 1.29 is 9.70 Å². The van der Waals surface area contributed by atoms with Crippen molar-refractivity contribution in [2.75, 3.05) is 14.1 Å². The van der Waals surface area contributed by atoms with Crippen LogP contribution in [0.25, 0.3) is 0 Å². The number of phenolic OH excluding ortho intramolecular Hbond substituents is 1. The molecule has 2 unspecified atom stereocenters. The summed E-state index contributed by atoms with van der Waals surface area (Å²) >= 11 is 0. The van der Waals surface area contributed by atoms with Gasteiger partial charge < -0.3 is 5.11 Å². The van der Waals surface area contributed by atoms with Gasteiger partial charge in [-0.25, -0.2) is 4.59 Å². The molecule has 0 amide bonds. The summed E-state index contributed by atoms with van der Waals surface area (Å²) in [6.45, 7) is 4.34. The zero-order valence-electron chi connectivity index (χ0n) is 13.2. The van der Waals surface area contributed by atoms with Gasteiger partial charge in [0.25, 0.3) is 0 Å². The van der Waals surface area contributed by atoms with Crippen LogP contribution in [-0.2, 0) is 0 Å². The fourth-order valence-corrected chi connectivity index (χ4v) is 2.58. The van der Waals surface area contributed by atoms with Gasteiger partial charge in [-0.05, 0) is 31.5 Å². The molecule has 0 spiro atoms. The van der Waals surface area contributed by atoms with E-state index in [1.807, 2.05) is 18.2 Å². The average Bonchev–Trinajstić information content (AvgIpc) is 2.47. The molecule has 0 aromatic heterocycles. The molecule has 21 heavy (non-hydrogen) atoms. The van der Waals surface area contributed by atoms with Gasteiger partial charge in [-0.1, -0.05) is 42.5 Å². The van der Waals surface area contributed by atoms with Crippen molar-refractivity contribution in [2.45, 2.75) is 25.9 Å². The standard InChI is InChI=1S/C18H24N2O/c1-14(16-9-6-5-7-10-16)19-20(3,4)15(2)17-11-8-12-18(21)13-17/h5-15,19H,1-4H3/p+1. The van der Waals surface area contributed by atoms with Crippen LogP contribution in [-0.4, -0.2) is 23.8 Å². The molecule has 3 nitrogen and oxygen atoms in total. The van der Waals surface area contributed by atoms with Crippen LogP contribution in [0.3, 0.4) is 0 Å². The van der Waals surface area contributed by atoms with E-state index >= 15 is 0 Å². The highest BCUT2D eigenvalue weighted by molar-refractivity contribution is 5.28. The number of phenols is 1. The third kappa shape index (κ3) is 3.84. The molecule has 0 fully saturated rings. The van der Waals surface area contributed by atoms with Crippen LogP contribution in [0.2, 0.25) is 0 Å². The van der Waals surface area contributed by atoms with Crippen LogP contribution < -0.4 is 5.43 Å². The van der Waals surface area contributed by atoms with Gasteiger partial charge in [0.1, 0.15) is 11.8 Å². The number of nitrogens with one attached hydrogen (secondary N) is 1. The maximum atomic E-state index is 9.66. The van der Waals surface area contributed by atoms with E-state index in [2.05, 4.69) is 63.7 Å². The van der Waals surface area contributed by atoms with E-state index in [9.17, 15) is 5.11 Å². The molecule has 2 aromatic rings. The second kappa shape index (κ2) is 6.29. The predicted octanol–water partition coefficient (Wildman–Crippen LogP) is 3.80. The van der Waals surface area contributed by atoms with E-state index in [-0.39, 0.29) is 12.1 Å². The summed E-state index contributed by atoms with van der Waals surface area (Å²) in [4.78, 5) is 0. The van der Waals surface area contributed by atoms with Crippen LogP contribution >= 0.6 is 0 Å². The van der Waals surface area contributed by atoms with Crippen molar-refractivity contribution >= 4 is 0 Å². The van der Waals surface area contributed by atoms with Crippen molar-refractivity contribution in [3.63, 3.8) is 0 Å². The fourth-order valence-electron chi connectivity index (χ4n) is 2.58. The summed E-state index contributed by atoms with van der Waals surface area (Å²) in [5.41, 5.74) is 6.03. The van der Waals surface area contributed by atoms with Crippen molar-refractivity contribution in [1.29, 1.82) is 0 Å². The second-order valence-corrected chi connectivity index (χ2v) is 6.07. The van der Waals surface area contributed by atoms with E-state index in [4.69, 9.17) is 0 Å². The van der Waals surface area contributed by atoms with Gasteiger partial charge in [-0.3, -0.25) is 0 Å². The molecule has 0 aliphatic rings. The summed E-state index contributed by atoms with van der Waals surface area (Å²) in [7, 11) is 4.29. The lowest BCUT2D eigenvalue weighted by Crippen LogP contribution is -2.53. The normalized spacial score (nSPS) is 14.7. The van der Waals surface area contributed by atoms with Crippen molar-refractivity contribution in [3.8, 4) is 5.75 Å². The Kier molecular flexibility index (Phi) is 4.66. The van der Waals surface area contributed by atoms with Crippen LogP contribution in [0.1, 0.15) is 37.1 Å². The molecule has 2 atom stereocenters. The second-order valence-electron chi connectivity index (χ2n) is 6.07. The van der Waals surface area contributed by atoms with E-state index < -0.39 is 0 Å². The van der Waals surface area contributed by atoms with Gasteiger partial charge in [0.2, 0.25) is 0 Å². The molecule has 0 saturated carbocycles. The highest BCUT2D eigenvalue weighted by Gasteiger charge is 2.28. The Morgan fingerprint density at radius 1 is 0.905 bits per heavy atom. The van der Waals surface area contributed by atoms with E-state index in [0.29, 0.717) is 10.3 Å². The Bertz CT molecular complexity index is 581. The molecule has 0 heterocycles. The average molecular weight is 285 g/mol. The highest BCUT2D eigenvalue weighted by Crippen LogP contribution is 2.27. The smallest absolute Gasteiger partial charge is 0.129 e. The zero-order chi connectivity index (χ0) is 15.5.